The maximum Gasteiger partial charge on any atom is 0.264 e. The van der Waals surface area contributed by atoms with Gasteiger partial charge in [-0.1, -0.05) is 17.7 Å². The summed E-state index contributed by atoms with van der Waals surface area (Å²) in [5.41, 5.74) is 2.67. The fourth-order valence-corrected chi connectivity index (χ4v) is 5.08. The van der Waals surface area contributed by atoms with Crippen molar-refractivity contribution in [1.82, 2.24) is 5.32 Å². The van der Waals surface area contributed by atoms with Gasteiger partial charge in [0.15, 0.2) is 23.3 Å². The Morgan fingerprint density at radius 2 is 2.00 bits per heavy atom. The van der Waals surface area contributed by atoms with Crippen LogP contribution in [0.15, 0.2) is 64.5 Å². The predicted octanol–water partition coefficient (Wildman–Crippen LogP) is 6.31. The average Bonchev–Trinajstić information content (AvgIpc) is 3.20. The lowest BCUT2D eigenvalue weighted by Gasteiger charge is -2.14. The number of hydrogen-bond donors (Lipinski definition) is 2. The molecule has 0 aromatic heterocycles. The fraction of sp³-hybridized carbons (Fsp3) is 0.115. The number of thioether (sulfide) groups is 1. The lowest BCUT2D eigenvalue weighted by molar-refractivity contribution is -0.118. The van der Waals surface area contributed by atoms with Gasteiger partial charge in [-0.15, -0.1) is 0 Å². The van der Waals surface area contributed by atoms with Crippen molar-refractivity contribution in [3.05, 3.63) is 85.0 Å². The third-order valence-electron chi connectivity index (χ3n) is 5.14. The molecule has 1 aliphatic heterocycles. The average molecular weight is 652 g/mol. The fourth-order valence-electron chi connectivity index (χ4n) is 3.29. The van der Waals surface area contributed by atoms with E-state index in [0.717, 1.165) is 5.56 Å². The van der Waals surface area contributed by atoms with Crippen LogP contribution in [0.1, 0.15) is 11.1 Å². The summed E-state index contributed by atoms with van der Waals surface area (Å²) in [6, 6.07) is 14.4. The number of hydrogen-bond acceptors (Lipinski definition) is 6. The molecule has 3 aromatic rings. The molecular weight excluding hydrogens is 632 g/mol. The largest absolute Gasteiger partial charge is 0.493 e. The van der Waals surface area contributed by atoms with Crippen molar-refractivity contribution in [2.75, 3.05) is 19.0 Å². The highest BCUT2D eigenvalue weighted by molar-refractivity contribution is 14.1. The number of halogens is 3. The number of anilines is 1. The number of ether oxygens (including phenoxy) is 2. The number of methoxy groups -OCH3 is 1. The van der Waals surface area contributed by atoms with Crippen LogP contribution in [0.2, 0.25) is 5.02 Å². The molecule has 0 atom stereocenters. The van der Waals surface area contributed by atoms with Crippen LogP contribution in [0, 0.1) is 16.3 Å². The van der Waals surface area contributed by atoms with Gasteiger partial charge >= 0.3 is 0 Å². The molecule has 1 heterocycles. The molecule has 0 radical (unpaired) electrons. The highest BCUT2D eigenvalue weighted by Crippen LogP contribution is 2.36. The number of nitrogens with one attached hydrogen (secondary N) is 2. The van der Waals surface area contributed by atoms with E-state index in [1.54, 1.807) is 24.3 Å². The highest BCUT2D eigenvalue weighted by atomic mass is 127. The van der Waals surface area contributed by atoms with E-state index in [4.69, 9.17) is 21.1 Å². The summed E-state index contributed by atoms with van der Waals surface area (Å²) >= 11 is 9.46. The number of amides is 2. The standard InChI is InChI=1S/C26H20ClFIN3O4S/c1-14-18(27)4-3-5-20(14)31-26-32-25(34)22(37-26)12-15-10-19(29)24(21(11-15)35-2)36-13-23(33)30-17-8-6-16(28)7-9-17/h3-12H,13H2,1-2H3,(H,30,33)(H,31,32,34)/b22-12+. The van der Waals surface area contributed by atoms with Gasteiger partial charge in [-0.2, -0.15) is 0 Å². The minimum Gasteiger partial charge on any atom is -0.493 e. The van der Waals surface area contributed by atoms with Crippen molar-refractivity contribution in [2.24, 2.45) is 4.99 Å². The summed E-state index contributed by atoms with van der Waals surface area (Å²) in [5, 5.41) is 6.46. The molecule has 0 unspecified atom stereocenters. The zero-order valence-electron chi connectivity index (χ0n) is 19.6. The number of aliphatic imine (C=N–C) groups is 1. The van der Waals surface area contributed by atoms with Gasteiger partial charge in [-0.25, -0.2) is 9.38 Å². The quantitative estimate of drug-likeness (QED) is 0.231. The zero-order chi connectivity index (χ0) is 26.5. The Morgan fingerprint density at radius 3 is 2.73 bits per heavy atom. The first-order chi connectivity index (χ1) is 17.7. The molecule has 4 rings (SSSR count). The first-order valence-corrected chi connectivity index (χ1v) is 13.1. The second kappa shape index (κ2) is 12.0. The van der Waals surface area contributed by atoms with Gasteiger partial charge in [-0.05, 0) is 107 Å². The molecule has 1 aliphatic rings. The minimum absolute atomic E-state index is 0.268. The lowest BCUT2D eigenvalue weighted by Crippen LogP contribution is -2.20. The van der Waals surface area contributed by atoms with Gasteiger partial charge in [0.2, 0.25) is 0 Å². The van der Waals surface area contributed by atoms with Gasteiger partial charge in [0.05, 0.1) is 21.3 Å². The monoisotopic (exact) mass is 651 g/mol. The minimum atomic E-state index is -0.406. The van der Waals surface area contributed by atoms with E-state index < -0.39 is 11.7 Å². The van der Waals surface area contributed by atoms with E-state index in [9.17, 15) is 14.0 Å². The summed E-state index contributed by atoms with van der Waals surface area (Å²) in [7, 11) is 1.49. The molecule has 37 heavy (non-hydrogen) atoms. The maximum absolute atomic E-state index is 13.0. The number of rotatable bonds is 7. The summed E-state index contributed by atoms with van der Waals surface area (Å²) in [4.78, 5) is 29.8. The van der Waals surface area contributed by atoms with E-state index in [1.807, 2.05) is 19.1 Å². The molecule has 1 fully saturated rings. The van der Waals surface area contributed by atoms with Crippen LogP contribution < -0.4 is 20.1 Å². The topological polar surface area (TPSA) is 89.0 Å². The van der Waals surface area contributed by atoms with E-state index in [2.05, 4.69) is 38.2 Å². The Labute approximate surface area is 235 Å². The molecule has 7 nitrogen and oxygen atoms in total. The van der Waals surface area contributed by atoms with Crippen molar-refractivity contribution in [2.45, 2.75) is 6.92 Å². The van der Waals surface area contributed by atoms with Crippen LogP contribution in [-0.2, 0) is 9.59 Å². The molecule has 2 amide bonds. The van der Waals surface area contributed by atoms with Crippen LogP contribution in [0.25, 0.3) is 6.08 Å². The van der Waals surface area contributed by atoms with Crippen molar-refractivity contribution >= 4 is 80.4 Å². The number of amidine groups is 1. The first-order valence-electron chi connectivity index (χ1n) is 10.8. The van der Waals surface area contributed by atoms with E-state index >= 15 is 0 Å². The SMILES string of the molecule is COc1cc(/C=C2/SC(=Nc3cccc(Cl)c3C)NC2=O)cc(I)c1OCC(=O)Nc1ccc(F)cc1. The van der Waals surface area contributed by atoms with Crippen molar-refractivity contribution in [3.8, 4) is 11.5 Å². The Balaban J connectivity index is 1.47. The Bertz CT molecular complexity index is 1430. The van der Waals surface area contributed by atoms with Crippen LogP contribution >= 0.6 is 46.0 Å². The van der Waals surface area contributed by atoms with Gasteiger partial charge < -0.3 is 20.1 Å². The van der Waals surface area contributed by atoms with Crippen molar-refractivity contribution in [1.29, 1.82) is 0 Å². The molecule has 11 heteroatoms. The number of carbonyl (C=O) groups is 2. The summed E-state index contributed by atoms with van der Waals surface area (Å²) < 4.78 is 24.9. The highest BCUT2D eigenvalue weighted by Gasteiger charge is 2.24. The second-order valence-electron chi connectivity index (χ2n) is 7.74. The molecule has 0 aliphatic carbocycles. The normalized spacial score (nSPS) is 15.1. The Morgan fingerprint density at radius 1 is 1.24 bits per heavy atom. The number of nitrogens with zero attached hydrogens (tertiary/aromatic N) is 1. The molecule has 0 saturated carbocycles. The Kier molecular flexibility index (Phi) is 8.72. The van der Waals surface area contributed by atoms with Crippen LogP contribution in [-0.4, -0.2) is 30.7 Å². The smallest absolute Gasteiger partial charge is 0.264 e. The maximum atomic E-state index is 13.0. The third-order valence-corrected chi connectivity index (χ3v) is 7.26. The predicted molar refractivity (Wildman–Crippen MR) is 153 cm³/mol. The van der Waals surface area contributed by atoms with E-state index in [1.165, 1.54) is 43.1 Å². The second-order valence-corrected chi connectivity index (χ2v) is 10.3. The first kappa shape index (κ1) is 27.0. The third kappa shape index (κ3) is 6.82. The summed E-state index contributed by atoms with van der Waals surface area (Å²) in [6.07, 6.45) is 1.73. The molecule has 0 bridgehead atoms. The molecule has 2 N–H and O–H groups in total. The van der Waals surface area contributed by atoms with E-state index in [-0.39, 0.29) is 12.5 Å². The molecule has 190 valence electrons. The van der Waals surface area contributed by atoms with Gasteiger partial charge in [-0.3, -0.25) is 9.59 Å². The van der Waals surface area contributed by atoms with Gasteiger partial charge in [0, 0.05) is 10.7 Å². The molecule has 0 spiro atoms. The van der Waals surface area contributed by atoms with Gasteiger partial charge in [0.25, 0.3) is 11.8 Å². The van der Waals surface area contributed by atoms with E-state index in [0.29, 0.717) is 47.1 Å². The molecule has 1 saturated heterocycles. The van der Waals surface area contributed by atoms with Crippen molar-refractivity contribution < 1.29 is 23.5 Å². The van der Waals surface area contributed by atoms with Crippen LogP contribution in [0.5, 0.6) is 11.5 Å². The Hall–Kier alpha value is -3.09. The summed E-state index contributed by atoms with van der Waals surface area (Å²) in [5.74, 6) is -0.273. The van der Waals surface area contributed by atoms with Crippen molar-refractivity contribution in [3.63, 3.8) is 0 Å². The van der Waals surface area contributed by atoms with Gasteiger partial charge in [0.1, 0.15) is 5.82 Å². The van der Waals surface area contributed by atoms with Crippen LogP contribution in [0.4, 0.5) is 15.8 Å². The zero-order valence-corrected chi connectivity index (χ0v) is 23.3. The summed E-state index contributed by atoms with van der Waals surface area (Å²) in [6.45, 7) is 1.59. The number of carbonyl (C=O) groups excluding carboxylic acids is 2. The molecular formula is C26H20ClFIN3O4S. The number of benzene rings is 3. The van der Waals surface area contributed by atoms with Crippen LogP contribution in [0.3, 0.4) is 0 Å². The lowest BCUT2D eigenvalue weighted by atomic mass is 10.2. The molecule has 3 aromatic carbocycles.